The van der Waals surface area contributed by atoms with E-state index in [9.17, 15) is 0 Å². The highest BCUT2D eigenvalue weighted by atomic mass is 32.1. The van der Waals surface area contributed by atoms with Gasteiger partial charge in [-0.15, -0.1) is 0 Å². The van der Waals surface area contributed by atoms with Gasteiger partial charge in [0.2, 0.25) is 0 Å². The highest BCUT2D eigenvalue weighted by Crippen LogP contribution is 2.31. The van der Waals surface area contributed by atoms with Crippen LogP contribution in [0.1, 0.15) is 25.8 Å². The fraction of sp³-hybridized carbons (Fsp3) is 0.381. The third-order valence-corrected chi connectivity index (χ3v) is 4.75. The Bertz CT molecular complexity index is 733. The van der Waals surface area contributed by atoms with Gasteiger partial charge in [0.05, 0.1) is 6.54 Å². The summed E-state index contributed by atoms with van der Waals surface area (Å²) in [5.74, 6) is 1.61. The molecule has 5 heteroatoms. The summed E-state index contributed by atoms with van der Waals surface area (Å²) in [7, 11) is 0. The van der Waals surface area contributed by atoms with Crippen molar-refractivity contribution in [1.82, 2.24) is 4.90 Å². The quantitative estimate of drug-likeness (QED) is 0.757. The van der Waals surface area contributed by atoms with E-state index in [4.69, 9.17) is 21.7 Å². The normalized spacial score (nSPS) is 15.4. The molecule has 1 aliphatic heterocycles. The smallest absolute Gasteiger partial charge is 0.173 e. The van der Waals surface area contributed by atoms with Gasteiger partial charge in [-0.3, -0.25) is 0 Å². The second-order valence-corrected chi connectivity index (χ2v) is 6.81. The molecule has 0 fully saturated rings. The zero-order chi connectivity index (χ0) is 18.4. The summed E-state index contributed by atoms with van der Waals surface area (Å²) in [5, 5.41) is 4.07. The number of nitrogens with one attached hydrogen (secondary N) is 1. The Hall–Kier alpha value is -2.27. The van der Waals surface area contributed by atoms with Gasteiger partial charge >= 0.3 is 0 Å². The number of anilines is 1. The van der Waals surface area contributed by atoms with Crippen LogP contribution in [0.25, 0.3) is 0 Å². The molecule has 0 radical (unpaired) electrons. The highest BCUT2D eigenvalue weighted by Gasteiger charge is 2.24. The molecular weight excluding hydrogens is 344 g/mol. The SMILES string of the molecule is CCCN(C[C@H]1COc2ccccc2O1)C(=S)Nc1ccc(CC)cc1. The minimum Gasteiger partial charge on any atom is -0.486 e. The number of fused-ring (bicyclic) bond motifs is 1. The summed E-state index contributed by atoms with van der Waals surface area (Å²) in [6.45, 7) is 6.41. The first-order chi connectivity index (χ1) is 12.7. The van der Waals surface area contributed by atoms with Crippen LogP contribution in [0, 0.1) is 0 Å². The first kappa shape index (κ1) is 18.5. The maximum absolute atomic E-state index is 6.09. The Morgan fingerprint density at radius 3 is 2.54 bits per heavy atom. The lowest BCUT2D eigenvalue weighted by molar-refractivity contribution is 0.0746. The zero-order valence-electron chi connectivity index (χ0n) is 15.4. The largest absolute Gasteiger partial charge is 0.486 e. The van der Waals surface area contributed by atoms with E-state index in [1.54, 1.807) is 0 Å². The maximum atomic E-state index is 6.09. The molecule has 0 aliphatic carbocycles. The Morgan fingerprint density at radius 1 is 1.12 bits per heavy atom. The zero-order valence-corrected chi connectivity index (χ0v) is 16.2. The first-order valence-electron chi connectivity index (χ1n) is 9.23. The van der Waals surface area contributed by atoms with Crippen molar-refractivity contribution in [3.8, 4) is 11.5 Å². The van der Waals surface area contributed by atoms with Crippen LogP contribution >= 0.6 is 12.2 Å². The molecule has 0 saturated carbocycles. The number of ether oxygens (including phenoxy) is 2. The Kier molecular flexibility index (Phi) is 6.34. The Labute approximate surface area is 161 Å². The predicted octanol–water partition coefficient (Wildman–Crippen LogP) is 4.50. The molecule has 0 spiro atoms. The Morgan fingerprint density at radius 2 is 1.85 bits per heavy atom. The van der Waals surface area contributed by atoms with E-state index in [-0.39, 0.29) is 6.10 Å². The molecule has 0 saturated heterocycles. The molecule has 0 amide bonds. The molecule has 1 heterocycles. The number of aryl methyl sites for hydroxylation is 1. The highest BCUT2D eigenvalue weighted by molar-refractivity contribution is 7.80. The van der Waals surface area contributed by atoms with Crippen molar-refractivity contribution in [2.24, 2.45) is 0 Å². The van der Waals surface area contributed by atoms with Gasteiger partial charge < -0.3 is 19.7 Å². The van der Waals surface area contributed by atoms with Gasteiger partial charge in [0.1, 0.15) is 6.61 Å². The lowest BCUT2D eigenvalue weighted by Gasteiger charge is -2.32. The third-order valence-electron chi connectivity index (χ3n) is 4.39. The summed E-state index contributed by atoms with van der Waals surface area (Å²) < 4.78 is 11.9. The molecule has 1 N–H and O–H groups in total. The van der Waals surface area contributed by atoms with Gasteiger partial charge in [-0.2, -0.15) is 0 Å². The lowest BCUT2D eigenvalue weighted by Crippen LogP contribution is -2.45. The summed E-state index contributed by atoms with van der Waals surface area (Å²) in [4.78, 5) is 2.16. The molecule has 1 atom stereocenters. The molecule has 1 aliphatic rings. The van der Waals surface area contributed by atoms with E-state index >= 15 is 0 Å². The van der Waals surface area contributed by atoms with E-state index in [0.29, 0.717) is 13.2 Å². The molecule has 0 bridgehead atoms. The number of rotatable bonds is 6. The second kappa shape index (κ2) is 8.90. The molecule has 0 aromatic heterocycles. The van der Waals surface area contributed by atoms with Crippen molar-refractivity contribution >= 4 is 23.0 Å². The molecular formula is C21H26N2O2S. The average molecular weight is 371 g/mol. The van der Waals surface area contributed by atoms with Crippen molar-refractivity contribution in [3.63, 3.8) is 0 Å². The summed E-state index contributed by atoms with van der Waals surface area (Å²) in [6.07, 6.45) is 2.01. The average Bonchev–Trinajstić information content (AvgIpc) is 2.68. The third kappa shape index (κ3) is 4.67. The lowest BCUT2D eigenvalue weighted by atomic mass is 10.1. The minimum absolute atomic E-state index is 0.0429. The summed E-state index contributed by atoms with van der Waals surface area (Å²) in [5.41, 5.74) is 2.33. The van der Waals surface area contributed by atoms with Gasteiger partial charge in [-0.25, -0.2) is 0 Å². The minimum atomic E-state index is -0.0429. The van der Waals surface area contributed by atoms with Crippen LogP contribution in [-0.2, 0) is 6.42 Å². The van der Waals surface area contributed by atoms with Crippen LogP contribution in [0.2, 0.25) is 0 Å². The number of thiocarbonyl (C=S) groups is 1. The molecule has 138 valence electrons. The van der Waals surface area contributed by atoms with Crippen molar-refractivity contribution in [2.45, 2.75) is 32.8 Å². The molecule has 3 rings (SSSR count). The van der Waals surface area contributed by atoms with Crippen molar-refractivity contribution in [3.05, 3.63) is 54.1 Å². The van der Waals surface area contributed by atoms with Crippen molar-refractivity contribution < 1.29 is 9.47 Å². The molecule has 26 heavy (non-hydrogen) atoms. The second-order valence-electron chi connectivity index (χ2n) is 6.42. The number of hydrogen-bond acceptors (Lipinski definition) is 3. The van der Waals surface area contributed by atoms with E-state index in [1.165, 1.54) is 5.56 Å². The van der Waals surface area contributed by atoms with Crippen LogP contribution in [0.3, 0.4) is 0 Å². The fourth-order valence-corrected chi connectivity index (χ4v) is 3.25. The Balaban J connectivity index is 1.62. The predicted molar refractivity (Wildman–Crippen MR) is 110 cm³/mol. The van der Waals surface area contributed by atoms with Crippen LogP contribution < -0.4 is 14.8 Å². The molecule has 4 nitrogen and oxygen atoms in total. The number of hydrogen-bond donors (Lipinski definition) is 1. The number of nitrogens with zero attached hydrogens (tertiary/aromatic N) is 1. The van der Waals surface area contributed by atoms with Gasteiger partial charge in [0.25, 0.3) is 0 Å². The van der Waals surface area contributed by atoms with E-state index < -0.39 is 0 Å². The van der Waals surface area contributed by atoms with Crippen molar-refractivity contribution in [2.75, 3.05) is 25.0 Å². The number of benzene rings is 2. The fourth-order valence-electron chi connectivity index (χ4n) is 2.97. The van der Waals surface area contributed by atoms with Crippen LogP contribution in [0.15, 0.2) is 48.5 Å². The monoisotopic (exact) mass is 370 g/mol. The molecule has 0 unspecified atom stereocenters. The van der Waals surface area contributed by atoms with Gasteiger partial charge in [-0.1, -0.05) is 38.1 Å². The van der Waals surface area contributed by atoms with E-state index in [1.807, 2.05) is 24.3 Å². The van der Waals surface area contributed by atoms with E-state index in [2.05, 4.69) is 48.3 Å². The maximum Gasteiger partial charge on any atom is 0.173 e. The number of para-hydroxylation sites is 2. The van der Waals surface area contributed by atoms with E-state index in [0.717, 1.165) is 41.7 Å². The first-order valence-corrected chi connectivity index (χ1v) is 9.63. The summed E-state index contributed by atoms with van der Waals surface area (Å²) in [6, 6.07) is 16.2. The summed E-state index contributed by atoms with van der Waals surface area (Å²) >= 11 is 5.65. The van der Waals surface area contributed by atoms with Gasteiger partial charge in [0.15, 0.2) is 22.7 Å². The molecule has 2 aromatic carbocycles. The molecule has 2 aromatic rings. The van der Waals surface area contributed by atoms with Crippen molar-refractivity contribution in [1.29, 1.82) is 0 Å². The van der Waals surface area contributed by atoms with Crippen LogP contribution in [-0.4, -0.2) is 35.8 Å². The van der Waals surface area contributed by atoms with Crippen LogP contribution in [0.4, 0.5) is 5.69 Å². The topological polar surface area (TPSA) is 33.7 Å². The standard InChI is InChI=1S/C21H26N2O2S/c1-3-13-23(21(26)22-17-11-9-16(4-2)10-12-17)14-18-15-24-19-7-5-6-8-20(19)25-18/h5-12,18H,3-4,13-15H2,1-2H3,(H,22,26)/t18-/m0/s1. The van der Waals surface area contributed by atoms with Gasteiger partial charge in [-0.05, 0) is 54.9 Å². The van der Waals surface area contributed by atoms with Gasteiger partial charge in [0, 0.05) is 12.2 Å². The van der Waals surface area contributed by atoms with Crippen LogP contribution in [0.5, 0.6) is 11.5 Å².